The van der Waals surface area contributed by atoms with Crippen LogP contribution in [0.15, 0.2) is 0 Å². The monoisotopic (exact) mass is 184 g/mol. The molecular formula is C10H20N2O. The zero-order chi connectivity index (χ0) is 9.84. The van der Waals surface area contributed by atoms with Gasteiger partial charge in [-0.2, -0.15) is 0 Å². The molecule has 0 radical (unpaired) electrons. The van der Waals surface area contributed by atoms with Crippen molar-refractivity contribution in [3.63, 3.8) is 0 Å². The number of carbonyl (C=O) groups is 1. The van der Waals surface area contributed by atoms with Crippen molar-refractivity contribution in [1.82, 2.24) is 9.80 Å². The van der Waals surface area contributed by atoms with Crippen molar-refractivity contribution in [1.29, 1.82) is 0 Å². The van der Waals surface area contributed by atoms with Crippen LogP contribution in [0.2, 0.25) is 0 Å². The second kappa shape index (κ2) is 4.72. The van der Waals surface area contributed by atoms with Gasteiger partial charge in [0.2, 0.25) is 0 Å². The number of piperazine rings is 1. The predicted octanol–water partition coefficient (Wildman–Crippen LogP) is 0.457. The molecule has 1 heterocycles. The number of rotatable bonds is 3. The van der Waals surface area contributed by atoms with Crippen LogP contribution in [0.5, 0.6) is 0 Å². The Kier molecular flexibility index (Phi) is 3.88. The molecule has 1 aliphatic rings. The standard InChI is InChI=1S/C10H20N2O/c1-9(2)10-8-12(6-7-13)5-4-11(10)3/h7,9-10H,4-6,8H2,1-3H3. The van der Waals surface area contributed by atoms with Gasteiger partial charge < -0.3 is 9.69 Å². The maximum Gasteiger partial charge on any atom is 0.133 e. The summed E-state index contributed by atoms with van der Waals surface area (Å²) in [5.74, 6) is 0.666. The number of aldehydes is 1. The molecular weight excluding hydrogens is 164 g/mol. The van der Waals surface area contributed by atoms with Crippen molar-refractivity contribution in [3.05, 3.63) is 0 Å². The van der Waals surface area contributed by atoms with E-state index >= 15 is 0 Å². The van der Waals surface area contributed by atoms with E-state index in [4.69, 9.17) is 0 Å². The van der Waals surface area contributed by atoms with Crippen LogP contribution < -0.4 is 0 Å². The van der Waals surface area contributed by atoms with Gasteiger partial charge >= 0.3 is 0 Å². The Balaban J connectivity index is 2.47. The fraction of sp³-hybridized carbons (Fsp3) is 0.900. The second-order valence-electron chi connectivity index (χ2n) is 4.22. The number of hydrogen-bond acceptors (Lipinski definition) is 3. The maximum absolute atomic E-state index is 10.4. The fourth-order valence-electron chi connectivity index (χ4n) is 1.95. The molecule has 0 spiro atoms. The van der Waals surface area contributed by atoms with E-state index in [1.54, 1.807) is 0 Å². The number of nitrogens with zero attached hydrogens (tertiary/aromatic N) is 2. The van der Waals surface area contributed by atoms with Gasteiger partial charge in [0, 0.05) is 25.7 Å². The molecule has 1 fully saturated rings. The van der Waals surface area contributed by atoms with Crippen LogP contribution in [0.25, 0.3) is 0 Å². The highest BCUT2D eigenvalue weighted by Crippen LogP contribution is 2.14. The van der Waals surface area contributed by atoms with E-state index in [0.717, 1.165) is 25.9 Å². The van der Waals surface area contributed by atoms with Gasteiger partial charge in [0.1, 0.15) is 6.29 Å². The van der Waals surface area contributed by atoms with E-state index in [1.165, 1.54) is 0 Å². The topological polar surface area (TPSA) is 23.6 Å². The van der Waals surface area contributed by atoms with Gasteiger partial charge in [-0.25, -0.2) is 0 Å². The molecule has 76 valence electrons. The quantitative estimate of drug-likeness (QED) is 0.595. The molecule has 1 atom stereocenters. The molecule has 1 rings (SSSR count). The van der Waals surface area contributed by atoms with Crippen molar-refractivity contribution >= 4 is 6.29 Å². The van der Waals surface area contributed by atoms with E-state index in [-0.39, 0.29) is 0 Å². The zero-order valence-corrected chi connectivity index (χ0v) is 8.86. The van der Waals surface area contributed by atoms with Gasteiger partial charge in [0.05, 0.1) is 6.54 Å². The Morgan fingerprint density at radius 3 is 2.69 bits per heavy atom. The average Bonchev–Trinajstić information content (AvgIpc) is 2.08. The lowest BCUT2D eigenvalue weighted by Gasteiger charge is -2.40. The third kappa shape index (κ3) is 2.78. The first-order chi connectivity index (χ1) is 6.15. The first kappa shape index (κ1) is 10.7. The minimum Gasteiger partial charge on any atom is -0.302 e. The van der Waals surface area contributed by atoms with Crippen LogP contribution in [0, 0.1) is 5.92 Å². The summed E-state index contributed by atoms with van der Waals surface area (Å²) in [6.07, 6.45) is 1.00. The number of hydrogen-bond donors (Lipinski definition) is 0. The maximum atomic E-state index is 10.4. The molecule has 3 nitrogen and oxygen atoms in total. The van der Waals surface area contributed by atoms with Gasteiger partial charge in [-0.3, -0.25) is 4.90 Å². The summed E-state index contributed by atoms with van der Waals surface area (Å²) < 4.78 is 0. The Hall–Kier alpha value is -0.410. The van der Waals surface area contributed by atoms with E-state index < -0.39 is 0 Å². The van der Waals surface area contributed by atoms with Crippen molar-refractivity contribution in [2.45, 2.75) is 19.9 Å². The second-order valence-corrected chi connectivity index (χ2v) is 4.22. The van der Waals surface area contributed by atoms with E-state index in [9.17, 15) is 4.79 Å². The lowest BCUT2D eigenvalue weighted by Crippen LogP contribution is -2.53. The molecule has 1 saturated heterocycles. The third-order valence-corrected chi connectivity index (χ3v) is 2.88. The lowest BCUT2D eigenvalue weighted by molar-refractivity contribution is -0.109. The van der Waals surface area contributed by atoms with Gasteiger partial charge in [0.15, 0.2) is 0 Å². The number of carbonyl (C=O) groups excluding carboxylic acids is 1. The van der Waals surface area contributed by atoms with Crippen LogP contribution in [-0.4, -0.2) is 55.4 Å². The third-order valence-electron chi connectivity index (χ3n) is 2.88. The normalized spacial score (nSPS) is 26.6. The Morgan fingerprint density at radius 1 is 1.46 bits per heavy atom. The molecule has 0 amide bonds. The summed E-state index contributed by atoms with van der Waals surface area (Å²) >= 11 is 0. The SMILES string of the molecule is CC(C)C1CN(CC=O)CCN1C. The fourth-order valence-corrected chi connectivity index (χ4v) is 1.95. The van der Waals surface area contributed by atoms with Crippen LogP contribution >= 0.6 is 0 Å². The van der Waals surface area contributed by atoms with Crippen molar-refractivity contribution in [3.8, 4) is 0 Å². The summed E-state index contributed by atoms with van der Waals surface area (Å²) in [6, 6.07) is 0.605. The molecule has 0 saturated carbocycles. The molecule has 0 aliphatic carbocycles. The molecule has 0 aromatic heterocycles. The summed E-state index contributed by atoms with van der Waals surface area (Å²) in [6.45, 7) is 8.22. The molecule has 0 aromatic carbocycles. The van der Waals surface area contributed by atoms with Gasteiger partial charge in [-0.15, -0.1) is 0 Å². The van der Waals surface area contributed by atoms with Crippen molar-refractivity contribution in [2.24, 2.45) is 5.92 Å². The summed E-state index contributed by atoms with van der Waals surface area (Å²) in [4.78, 5) is 15.0. The highest BCUT2D eigenvalue weighted by molar-refractivity contribution is 5.52. The Morgan fingerprint density at radius 2 is 2.15 bits per heavy atom. The molecule has 1 aliphatic heterocycles. The lowest BCUT2D eigenvalue weighted by atomic mass is 10.0. The van der Waals surface area contributed by atoms with Crippen LogP contribution in [0.1, 0.15) is 13.8 Å². The minimum atomic E-state index is 0.594. The zero-order valence-electron chi connectivity index (χ0n) is 8.86. The summed E-state index contributed by atoms with van der Waals surface area (Å²) in [5, 5.41) is 0. The molecule has 0 bridgehead atoms. The van der Waals surface area contributed by atoms with Gasteiger partial charge in [-0.05, 0) is 13.0 Å². The van der Waals surface area contributed by atoms with E-state index in [2.05, 4.69) is 30.7 Å². The van der Waals surface area contributed by atoms with Gasteiger partial charge in [0.25, 0.3) is 0 Å². The Bertz CT molecular complexity index is 170. The highest BCUT2D eigenvalue weighted by atomic mass is 16.1. The highest BCUT2D eigenvalue weighted by Gasteiger charge is 2.25. The van der Waals surface area contributed by atoms with Crippen molar-refractivity contribution in [2.75, 3.05) is 33.2 Å². The van der Waals surface area contributed by atoms with Crippen molar-refractivity contribution < 1.29 is 4.79 Å². The Labute approximate surface area is 80.7 Å². The van der Waals surface area contributed by atoms with Crippen LogP contribution in [0.3, 0.4) is 0 Å². The van der Waals surface area contributed by atoms with Crippen LogP contribution in [0.4, 0.5) is 0 Å². The minimum absolute atomic E-state index is 0.594. The largest absolute Gasteiger partial charge is 0.302 e. The smallest absolute Gasteiger partial charge is 0.133 e. The molecule has 1 unspecified atom stereocenters. The van der Waals surface area contributed by atoms with E-state index in [1.807, 2.05) is 0 Å². The summed E-state index contributed by atoms with van der Waals surface area (Å²) in [7, 11) is 2.17. The summed E-state index contributed by atoms with van der Waals surface area (Å²) in [5.41, 5.74) is 0. The predicted molar refractivity (Wildman–Crippen MR) is 53.8 cm³/mol. The van der Waals surface area contributed by atoms with E-state index in [0.29, 0.717) is 18.5 Å². The number of likely N-dealkylation sites (N-methyl/N-ethyl adjacent to an activating group) is 1. The first-order valence-electron chi connectivity index (χ1n) is 5.01. The molecule has 3 heteroatoms. The molecule has 0 N–H and O–H groups in total. The molecule has 13 heavy (non-hydrogen) atoms. The first-order valence-corrected chi connectivity index (χ1v) is 5.01. The van der Waals surface area contributed by atoms with Crippen LogP contribution in [-0.2, 0) is 4.79 Å². The van der Waals surface area contributed by atoms with Gasteiger partial charge in [-0.1, -0.05) is 13.8 Å². The average molecular weight is 184 g/mol. The molecule has 0 aromatic rings.